The zero-order valence-electron chi connectivity index (χ0n) is 18.3. The van der Waals surface area contributed by atoms with Crippen LogP contribution in [0, 0.1) is 5.82 Å². The van der Waals surface area contributed by atoms with Crippen molar-refractivity contribution in [2.24, 2.45) is 0 Å². The molecular weight excluding hydrogens is 415 g/mol. The fraction of sp³-hybridized carbons (Fsp3) is 0.478. The number of anilines is 1. The van der Waals surface area contributed by atoms with Crippen molar-refractivity contribution in [3.63, 3.8) is 0 Å². The van der Waals surface area contributed by atoms with Crippen LogP contribution in [0.1, 0.15) is 66.4 Å². The summed E-state index contributed by atoms with van der Waals surface area (Å²) in [7, 11) is 1.23. The number of nitrogens with zero attached hydrogens (tertiary/aromatic N) is 3. The van der Waals surface area contributed by atoms with Gasteiger partial charge in [0.2, 0.25) is 5.91 Å². The highest BCUT2D eigenvalue weighted by atomic mass is 19.1. The predicted octanol–water partition coefficient (Wildman–Crippen LogP) is 3.07. The number of carbonyl (C=O) groups is 3. The van der Waals surface area contributed by atoms with Gasteiger partial charge in [-0.15, -0.1) is 0 Å². The molecule has 2 aliphatic rings. The van der Waals surface area contributed by atoms with Gasteiger partial charge in [-0.3, -0.25) is 19.2 Å². The Balaban J connectivity index is 1.74. The van der Waals surface area contributed by atoms with Gasteiger partial charge in [-0.05, 0) is 38.0 Å². The normalized spacial score (nSPS) is 21.6. The first-order valence-electron chi connectivity index (χ1n) is 10.9. The lowest BCUT2D eigenvalue weighted by Gasteiger charge is -2.43. The number of nitrogens with one attached hydrogen (secondary N) is 1. The van der Waals surface area contributed by atoms with Crippen LogP contribution in [0.5, 0.6) is 0 Å². The molecule has 2 heterocycles. The van der Waals surface area contributed by atoms with Crippen LogP contribution >= 0.6 is 0 Å². The molecule has 1 fully saturated rings. The zero-order chi connectivity index (χ0) is 22.9. The average molecular weight is 442 g/mol. The summed E-state index contributed by atoms with van der Waals surface area (Å²) < 4.78 is 20.1. The third-order valence-electron chi connectivity index (χ3n) is 6.29. The standard InChI is InChI=1S/C23H27FN4O4/c1-23(22(31)25-16-9-5-3-4-6-10-16)14-27-19(13-18(26-27)21(30)32-2)20(29)28(23)17-11-7-8-15(24)12-17/h7-8,11-13,16H,3-6,9-10,14H2,1-2H3,(H,25,31)/t23-/m0/s1. The second-order valence-electron chi connectivity index (χ2n) is 8.62. The maximum Gasteiger partial charge on any atom is 0.358 e. The molecule has 0 saturated heterocycles. The number of aromatic nitrogens is 2. The Hall–Kier alpha value is -3.23. The van der Waals surface area contributed by atoms with Crippen LogP contribution in [0.3, 0.4) is 0 Å². The molecule has 1 aliphatic heterocycles. The molecule has 0 unspecified atom stereocenters. The molecular formula is C23H27FN4O4. The van der Waals surface area contributed by atoms with E-state index in [4.69, 9.17) is 4.74 Å². The van der Waals surface area contributed by atoms with E-state index in [1.165, 1.54) is 41.0 Å². The monoisotopic (exact) mass is 442 g/mol. The maximum absolute atomic E-state index is 14.1. The first-order chi connectivity index (χ1) is 15.3. The molecule has 4 rings (SSSR count). The topological polar surface area (TPSA) is 93.5 Å². The van der Waals surface area contributed by atoms with Crippen LogP contribution in [0.25, 0.3) is 0 Å². The van der Waals surface area contributed by atoms with Crippen LogP contribution in [0.2, 0.25) is 0 Å². The summed E-state index contributed by atoms with van der Waals surface area (Å²) in [6.07, 6.45) is 6.14. The van der Waals surface area contributed by atoms with Crippen molar-refractivity contribution in [2.75, 3.05) is 12.0 Å². The van der Waals surface area contributed by atoms with E-state index in [0.29, 0.717) is 0 Å². The highest BCUT2D eigenvalue weighted by molar-refractivity contribution is 6.12. The first kappa shape index (κ1) is 22.0. The molecule has 9 heteroatoms. The highest BCUT2D eigenvalue weighted by Gasteiger charge is 2.49. The average Bonchev–Trinajstić information content (AvgIpc) is 3.02. The summed E-state index contributed by atoms with van der Waals surface area (Å²) in [6.45, 7) is 1.66. The van der Waals surface area contributed by atoms with Crippen molar-refractivity contribution >= 4 is 23.5 Å². The molecule has 1 aromatic heterocycles. The lowest BCUT2D eigenvalue weighted by Crippen LogP contribution is -2.65. The number of hydrogen-bond acceptors (Lipinski definition) is 5. The fourth-order valence-electron chi connectivity index (χ4n) is 4.57. The molecule has 0 radical (unpaired) electrons. The van der Waals surface area contributed by atoms with Crippen molar-refractivity contribution in [2.45, 2.75) is 63.6 Å². The minimum absolute atomic E-state index is 0.0140. The van der Waals surface area contributed by atoms with Crippen LogP contribution in [0.4, 0.5) is 10.1 Å². The Kier molecular flexibility index (Phi) is 5.99. The summed E-state index contributed by atoms with van der Waals surface area (Å²) in [5.74, 6) is -2.07. The molecule has 1 aliphatic carbocycles. The second-order valence-corrected chi connectivity index (χ2v) is 8.62. The largest absolute Gasteiger partial charge is 0.464 e. The predicted molar refractivity (Wildman–Crippen MR) is 115 cm³/mol. The Morgan fingerprint density at radius 3 is 2.56 bits per heavy atom. The number of hydrogen-bond donors (Lipinski definition) is 1. The molecule has 1 N–H and O–H groups in total. The van der Waals surface area contributed by atoms with Gasteiger partial charge in [0.05, 0.1) is 13.7 Å². The van der Waals surface area contributed by atoms with Gasteiger partial charge in [0.15, 0.2) is 5.69 Å². The van der Waals surface area contributed by atoms with Crippen LogP contribution < -0.4 is 10.2 Å². The molecule has 0 bridgehead atoms. The number of rotatable bonds is 4. The van der Waals surface area contributed by atoms with Crippen molar-refractivity contribution < 1.29 is 23.5 Å². The van der Waals surface area contributed by atoms with Gasteiger partial charge in [-0.2, -0.15) is 5.10 Å². The minimum Gasteiger partial charge on any atom is -0.464 e. The first-order valence-corrected chi connectivity index (χ1v) is 10.9. The van der Waals surface area contributed by atoms with Crippen LogP contribution in [0.15, 0.2) is 30.3 Å². The van der Waals surface area contributed by atoms with Gasteiger partial charge in [-0.1, -0.05) is 31.7 Å². The van der Waals surface area contributed by atoms with Crippen molar-refractivity contribution in [1.82, 2.24) is 15.1 Å². The zero-order valence-corrected chi connectivity index (χ0v) is 18.3. The maximum atomic E-state index is 14.1. The van der Waals surface area contributed by atoms with Crippen LogP contribution in [-0.2, 0) is 16.1 Å². The molecule has 0 spiro atoms. The van der Waals surface area contributed by atoms with Crippen LogP contribution in [-0.4, -0.2) is 46.3 Å². The number of fused-ring (bicyclic) bond motifs is 1. The number of ether oxygens (including phenoxy) is 1. The van der Waals surface area contributed by atoms with Crippen molar-refractivity contribution in [3.8, 4) is 0 Å². The van der Waals surface area contributed by atoms with Crippen molar-refractivity contribution in [3.05, 3.63) is 47.5 Å². The number of carbonyl (C=O) groups excluding carboxylic acids is 3. The number of methoxy groups -OCH3 is 1. The van der Waals surface area contributed by atoms with E-state index in [-0.39, 0.29) is 35.6 Å². The van der Waals surface area contributed by atoms with E-state index in [2.05, 4.69) is 10.4 Å². The molecule has 8 nitrogen and oxygen atoms in total. The minimum atomic E-state index is -1.37. The Bertz CT molecular complexity index is 1040. The summed E-state index contributed by atoms with van der Waals surface area (Å²) in [5.41, 5.74) is -0.998. The number of halogens is 1. The summed E-state index contributed by atoms with van der Waals surface area (Å²) >= 11 is 0. The van der Waals surface area contributed by atoms with E-state index >= 15 is 0 Å². The Labute approximate surface area is 185 Å². The van der Waals surface area contributed by atoms with Gasteiger partial charge in [0.1, 0.15) is 17.1 Å². The summed E-state index contributed by atoms with van der Waals surface area (Å²) in [4.78, 5) is 40.4. The molecule has 2 amide bonds. The fourth-order valence-corrected chi connectivity index (χ4v) is 4.57. The van der Waals surface area contributed by atoms with Gasteiger partial charge in [0.25, 0.3) is 5.91 Å². The molecule has 1 atom stereocenters. The number of amides is 2. The quantitative estimate of drug-likeness (QED) is 0.580. The van der Waals surface area contributed by atoms with Gasteiger partial charge >= 0.3 is 5.97 Å². The number of esters is 1. The molecule has 170 valence electrons. The smallest absolute Gasteiger partial charge is 0.358 e. The second kappa shape index (κ2) is 8.72. The molecule has 1 saturated carbocycles. The highest BCUT2D eigenvalue weighted by Crippen LogP contribution is 2.33. The van der Waals surface area contributed by atoms with Gasteiger partial charge < -0.3 is 10.1 Å². The molecule has 2 aromatic rings. The Morgan fingerprint density at radius 1 is 1.19 bits per heavy atom. The van der Waals surface area contributed by atoms with E-state index < -0.39 is 23.2 Å². The van der Waals surface area contributed by atoms with E-state index in [9.17, 15) is 18.8 Å². The summed E-state index contributed by atoms with van der Waals surface area (Å²) in [5, 5.41) is 7.31. The molecule has 1 aromatic carbocycles. The van der Waals surface area contributed by atoms with E-state index in [1.54, 1.807) is 13.0 Å². The van der Waals surface area contributed by atoms with Gasteiger partial charge in [0, 0.05) is 17.8 Å². The third kappa shape index (κ3) is 3.99. The lowest BCUT2D eigenvalue weighted by atomic mass is 9.93. The summed E-state index contributed by atoms with van der Waals surface area (Å²) in [6, 6.07) is 6.95. The Morgan fingerprint density at radius 2 is 1.91 bits per heavy atom. The number of benzene rings is 1. The lowest BCUT2D eigenvalue weighted by molar-refractivity contribution is -0.127. The van der Waals surface area contributed by atoms with E-state index in [0.717, 1.165) is 38.5 Å². The van der Waals surface area contributed by atoms with E-state index in [1.807, 2.05) is 0 Å². The van der Waals surface area contributed by atoms with Gasteiger partial charge in [-0.25, -0.2) is 9.18 Å². The third-order valence-corrected chi connectivity index (χ3v) is 6.29. The molecule has 32 heavy (non-hydrogen) atoms. The van der Waals surface area contributed by atoms with Crippen molar-refractivity contribution in [1.29, 1.82) is 0 Å². The SMILES string of the molecule is COC(=O)c1cc2n(n1)C[C@@](C)(C(=O)NC1CCCCCC1)N(c1cccc(F)c1)C2=O.